The number of amides is 1. The van der Waals surface area contributed by atoms with Crippen LogP contribution >= 0.6 is 0 Å². The van der Waals surface area contributed by atoms with E-state index in [1.54, 1.807) is 0 Å². The maximum Gasteiger partial charge on any atom is 0.308 e. The predicted molar refractivity (Wildman–Crippen MR) is 91.9 cm³/mol. The van der Waals surface area contributed by atoms with Crippen LogP contribution in [0.1, 0.15) is 45.4 Å². The molecule has 1 fully saturated rings. The SMILES string of the molecule is CC(CCOc1ccccc1)C(=O)N[C@H]1CCCCC[C@H]1C(=O)O. The molecule has 1 aliphatic rings. The van der Waals surface area contributed by atoms with Crippen LogP contribution < -0.4 is 10.1 Å². The van der Waals surface area contributed by atoms with E-state index in [4.69, 9.17) is 4.74 Å². The molecule has 0 bridgehead atoms. The number of para-hydroxylation sites is 1. The van der Waals surface area contributed by atoms with E-state index in [2.05, 4.69) is 5.32 Å². The molecule has 1 saturated carbocycles. The summed E-state index contributed by atoms with van der Waals surface area (Å²) in [5.41, 5.74) is 0. The van der Waals surface area contributed by atoms with Gasteiger partial charge in [0, 0.05) is 12.0 Å². The van der Waals surface area contributed by atoms with Gasteiger partial charge in [0.1, 0.15) is 5.75 Å². The molecule has 1 unspecified atom stereocenters. The molecular formula is C19H27NO4. The van der Waals surface area contributed by atoms with Crippen molar-refractivity contribution in [3.63, 3.8) is 0 Å². The minimum absolute atomic E-state index is 0.0789. The molecule has 5 nitrogen and oxygen atoms in total. The van der Waals surface area contributed by atoms with Gasteiger partial charge >= 0.3 is 5.97 Å². The highest BCUT2D eigenvalue weighted by atomic mass is 16.5. The van der Waals surface area contributed by atoms with Gasteiger partial charge in [-0.3, -0.25) is 9.59 Å². The number of carboxylic acids is 1. The van der Waals surface area contributed by atoms with E-state index in [0.29, 0.717) is 19.4 Å². The number of carbonyl (C=O) groups excluding carboxylic acids is 1. The Balaban J connectivity index is 1.80. The van der Waals surface area contributed by atoms with Gasteiger partial charge in [-0.05, 0) is 31.4 Å². The van der Waals surface area contributed by atoms with E-state index in [1.165, 1.54) is 0 Å². The molecule has 1 aliphatic carbocycles. The van der Waals surface area contributed by atoms with E-state index >= 15 is 0 Å². The van der Waals surface area contributed by atoms with Gasteiger partial charge in [-0.2, -0.15) is 0 Å². The van der Waals surface area contributed by atoms with E-state index < -0.39 is 11.9 Å². The van der Waals surface area contributed by atoms with E-state index in [9.17, 15) is 14.7 Å². The standard InChI is InChI=1S/C19H27NO4/c1-14(12-13-24-15-8-4-2-5-9-15)18(21)20-17-11-7-3-6-10-16(17)19(22)23/h2,4-5,8-9,14,16-17H,3,6-7,10-13H2,1H3,(H,20,21)(H,22,23)/t14?,16-,17+/m1/s1. The second-order valence-corrected chi connectivity index (χ2v) is 6.55. The average molecular weight is 333 g/mol. The first-order chi connectivity index (χ1) is 11.6. The highest BCUT2D eigenvalue weighted by molar-refractivity contribution is 5.80. The fourth-order valence-electron chi connectivity index (χ4n) is 3.10. The summed E-state index contributed by atoms with van der Waals surface area (Å²) in [7, 11) is 0. The van der Waals surface area contributed by atoms with Gasteiger partial charge in [0.15, 0.2) is 0 Å². The summed E-state index contributed by atoms with van der Waals surface area (Å²) < 4.78 is 5.62. The monoisotopic (exact) mass is 333 g/mol. The Bertz CT molecular complexity index is 531. The van der Waals surface area contributed by atoms with Crippen molar-refractivity contribution in [2.75, 3.05) is 6.61 Å². The van der Waals surface area contributed by atoms with Crippen LogP contribution in [0, 0.1) is 11.8 Å². The van der Waals surface area contributed by atoms with Crippen LogP contribution in [0.5, 0.6) is 5.75 Å². The Morgan fingerprint density at radius 1 is 1.21 bits per heavy atom. The summed E-state index contributed by atoms with van der Waals surface area (Å²) in [5, 5.41) is 12.3. The summed E-state index contributed by atoms with van der Waals surface area (Å²) in [5.74, 6) is -0.762. The molecule has 2 N–H and O–H groups in total. The van der Waals surface area contributed by atoms with Crippen molar-refractivity contribution in [3.8, 4) is 5.75 Å². The third kappa shape index (κ3) is 5.55. The molecule has 3 atom stereocenters. The number of benzene rings is 1. The number of carboxylic acid groups (broad SMARTS) is 1. The quantitative estimate of drug-likeness (QED) is 0.751. The third-order valence-electron chi connectivity index (χ3n) is 4.67. The second kappa shape index (κ2) is 9.30. The summed E-state index contributed by atoms with van der Waals surface area (Å²) in [4.78, 5) is 23.8. The van der Waals surface area contributed by atoms with Gasteiger partial charge in [0.2, 0.25) is 5.91 Å². The number of nitrogens with one attached hydrogen (secondary N) is 1. The van der Waals surface area contributed by atoms with Crippen LogP contribution in [0.2, 0.25) is 0 Å². The molecule has 132 valence electrons. The molecule has 5 heteroatoms. The van der Waals surface area contributed by atoms with Crippen molar-refractivity contribution < 1.29 is 19.4 Å². The van der Waals surface area contributed by atoms with E-state index in [0.717, 1.165) is 31.4 Å². The lowest BCUT2D eigenvalue weighted by atomic mass is 9.94. The maximum atomic E-state index is 12.4. The molecule has 0 aromatic heterocycles. The average Bonchev–Trinajstić information content (AvgIpc) is 2.81. The fraction of sp³-hybridized carbons (Fsp3) is 0.579. The lowest BCUT2D eigenvalue weighted by molar-refractivity contribution is -0.143. The van der Waals surface area contributed by atoms with Crippen LogP contribution in [0.3, 0.4) is 0 Å². The number of aliphatic carboxylic acids is 1. The highest BCUT2D eigenvalue weighted by Crippen LogP contribution is 2.24. The van der Waals surface area contributed by atoms with Gasteiger partial charge in [-0.1, -0.05) is 44.4 Å². The van der Waals surface area contributed by atoms with Crippen molar-refractivity contribution in [1.82, 2.24) is 5.32 Å². The Morgan fingerprint density at radius 2 is 1.92 bits per heavy atom. The summed E-state index contributed by atoms with van der Waals surface area (Å²) >= 11 is 0. The van der Waals surface area contributed by atoms with Crippen molar-refractivity contribution in [1.29, 1.82) is 0 Å². The van der Waals surface area contributed by atoms with Crippen molar-refractivity contribution in [3.05, 3.63) is 30.3 Å². The topological polar surface area (TPSA) is 75.6 Å². The summed E-state index contributed by atoms with van der Waals surface area (Å²) in [6, 6.07) is 9.25. The largest absolute Gasteiger partial charge is 0.494 e. The molecule has 0 spiro atoms. The number of ether oxygens (including phenoxy) is 1. The zero-order valence-electron chi connectivity index (χ0n) is 14.2. The van der Waals surface area contributed by atoms with Crippen molar-refractivity contribution >= 4 is 11.9 Å². The van der Waals surface area contributed by atoms with Crippen LogP contribution in [0.15, 0.2) is 30.3 Å². The minimum Gasteiger partial charge on any atom is -0.494 e. The zero-order chi connectivity index (χ0) is 17.4. The Labute approximate surface area is 143 Å². The highest BCUT2D eigenvalue weighted by Gasteiger charge is 2.31. The second-order valence-electron chi connectivity index (χ2n) is 6.55. The van der Waals surface area contributed by atoms with E-state index in [1.807, 2.05) is 37.3 Å². The van der Waals surface area contributed by atoms with Crippen molar-refractivity contribution in [2.45, 2.75) is 51.5 Å². The predicted octanol–water partition coefficient (Wildman–Crippen LogP) is 3.24. The van der Waals surface area contributed by atoms with Gasteiger partial charge in [0.25, 0.3) is 0 Å². The molecular weight excluding hydrogens is 306 g/mol. The van der Waals surface area contributed by atoms with Crippen LogP contribution in [0.4, 0.5) is 0 Å². The smallest absolute Gasteiger partial charge is 0.308 e. The molecule has 1 aromatic rings. The van der Waals surface area contributed by atoms with Crippen LogP contribution in [0.25, 0.3) is 0 Å². The molecule has 0 heterocycles. The van der Waals surface area contributed by atoms with E-state index in [-0.39, 0.29) is 17.9 Å². The molecule has 1 aromatic carbocycles. The first kappa shape index (κ1) is 18.3. The summed E-state index contributed by atoms with van der Waals surface area (Å²) in [6.45, 7) is 2.32. The molecule has 0 radical (unpaired) electrons. The van der Waals surface area contributed by atoms with Crippen LogP contribution in [-0.2, 0) is 9.59 Å². The number of hydrogen-bond donors (Lipinski definition) is 2. The Kier molecular flexibility index (Phi) is 7.09. The lowest BCUT2D eigenvalue weighted by Crippen LogP contribution is -2.45. The Hall–Kier alpha value is -2.04. The first-order valence-corrected chi connectivity index (χ1v) is 8.79. The normalized spacial score (nSPS) is 22.2. The van der Waals surface area contributed by atoms with Gasteiger partial charge < -0.3 is 15.2 Å². The first-order valence-electron chi connectivity index (χ1n) is 8.79. The zero-order valence-corrected chi connectivity index (χ0v) is 14.2. The fourth-order valence-corrected chi connectivity index (χ4v) is 3.10. The van der Waals surface area contributed by atoms with Crippen molar-refractivity contribution in [2.24, 2.45) is 11.8 Å². The maximum absolute atomic E-state index is 12.4. The lowest BCUT2D eigenvalue weighted by Gasteiger charge is -2.24. The van der Waals surface area contributed by atoms with Gasteiger partial charge in [0.05, 0.1) is 12.5 Å². The van der Waals surface area contributed by atoms with Gasteiger partial charge in [-0.15, -0.1) is 0 Å². The molecule has 1 amide bonds. The third-order valence-corrected chi connectivity index (χ3v) is 4.67. The molecule has 0 aliphatic heterocycles. The number of carbonyl (C=O) groups is 2. The van der Waals surface area contributed by atoms with Crippen LogP contribution in [-0.4, -0.2) is 29.6 Å². The summed E-state index contributed by atoms with van der Waals surface area (Å²) in [6.07, 6.45) is 4.92. The minimum atomic E-state index is -0.803. The number of rotatable bonds is 7. The molecule has 0 saturated heterocycles. The Morgan fingerprint density at radius 3 is 2.62 bits per heavy atom. The van der Waals surface area contributed by atoms with Gasteiger partial charge in [-0.25, -0.2) is 0 Å². The molecule has 2 rings (SSSR count). The number of hydrogen-bond acceptors (Lipinski definition) is 3. The molecule has 24 heavy (non-hydrogen) atoms.